The average molecular weight is 171 g/mol. The van der Waals surface area contributed by atoms with Crippen molar-refractivity contribution in [1.82, 2.24) is 4.90 Å². The number of nitrogens with zero attached hydrogens (tertiary/aromatic N) is 1. The zero-order valence-corrected chi connectivity index (χ0v) is 8.67. The maximum absolute atomic E-state index is 9.96. The van der Waals surface area contributed by atoms with E-state index in [1.54, 1.807) is 0 Å². The molecule has 2 nitrogen and oxygen atoms in total. The fourth-order valence-corrected chi connectivity index (χ4v) is 1.59. The van der Waals surface area contributed by atoms with Crippen molar-refractivity contribution in [3.63, 3.8) is 0 Å². The van der Waals surface area contributed by atoms with E-state index in [1.807, 2.05) is 0 Å². The molecule has 1 atom stereocenters. The Balaban J connectivity index is 2.36. The molecule has 0 radical (unpaired) electrons. The molecular formula is C10H21NO. The van der Waals surface area contributed by atoms with E-state index >= 15 is 0 Å². The Morgan fingerprint density at radius 1 is 1.33 bits per heavy atom. The molecule has 0 saturated carbocycles. The van der Waals surface area contributed by atoms with Crippen LogP contribution in [-0.4, -0.2) is 34.7 Å². The van der Waals surface area contributed by atoms with E-state index in [0.29, 0.717) is 12.0 Å². The summed E-state index contributed by atoms with van der Waals surface area (Å²) in [6.45, 7) is 10.3. The molecule has 1 unspecified atom stereocenters. The Kier molecular flexibility index (Phi) is 2.79. The molecule has 0 bridgehead atoms. The summed E-state index contributed by atoms with van der Waals surface area (Å²) in [5, 5.41) is 9.96. The second-order valence-corrected chi connectivity index (χ2v) is 4.42. The lowest BCUT2D eigenvalue weighted by atomic mass is 9.82. The maximum atomic E-state index is 9.96. The maximum Gasteiger partial charge on any atom is 0.0923 e. The lowest BCUT2D eigenvalue weighted by Gasteiger charge is -2.51. The molecule has 0 aromatic heterocycles. The molecule has 2 heteroatoms. The highest BCUT2D eigenvalue weighted by molar-refractivity contribution is 4.98. The summed E-state index contributed by atoms with van der Waals surface area (Å²) in [6.07, 6.45) is 1.17. The molecule has 1 N–H and O–H groups in total. The molecule has 1 fully saturated rings. The third-order valence-electron chi connectivity index (χ3n) is 3.24. The van der Waals surface area contributed by atoms with Crippen molar-refractivity contribution in [3.8, 4) is 0 Å². The van der Waals surface area contributed by atoms with E-state index in [9.17, 15) is 5.11 Å². The Morgan fingerprint density at radius 2 is 1.83 bits per heavy atom. The second kappa shape index (κ2) is 3.35. The highest BCUT2D eigenvalue weighted by atomic mass is 16.3. The number of hydrogen-bond acceptors (Lipinski definition) is 2. The van der Waals surface area contributed by atoms with Crippen molar-refractivity contribution in [2.45, 2.75) is 45.8 Å². The van der Waals surface area contributed by atoms with Crippen LogP contribution < -0.4 is 0 Å². The third kappa shape index (κ3) is 1.64. The summed E-state index contributed by atoms with van der Waals surface area (Å²) in [6, 6.07) is 0.629. The van der Waals surface area contributed by atoms with Gasteiger partial charge in [0.2, 0.25) is 0 Å². The number of aliphatic hydroxyl groups is 1. The summed E-state index contributed by atoms with van der Waals surface area (Å²) < 4.78 is 0. The summed E-state index contributed by atoms with van der Waals surface area (Å²) in [5.74, 6) is 0.387. The van der Waals surface area contributed by atoms with Crippen LogP contribution in [0.1, 0.15) is 34.1 Å². The van der Waals surface area contributed by atoms with E-state index in [4.69, 9.17) is 0 Å². The van der Waals surface area contributed by atoms with Crippen molar-refractivity contribution in [1.29, 1.82) is 0 Å². The molecule has 0 aliphatic carbocycles. The number of β-amino-alcohol motifs (C(OH)–C–C–N with tert-alkyl or cyclic N) is 1. The summed E-state index contributed by atoms with van der Waals surface area (Å²) in [4.78, 5) is 2.35. The Hall–Kier alpha value is -0.0800. The third-order valence-corrected chi connectivity index (χ3v) is 3.24. The molecule has 1 heterocycles. The summed E-state index contributed by atoms with van der Waals surface area (Å²) in [5.41, 5.74) is -0.399. The van der Waals surface area contributed by atoms with Gasteiger partial charge in [0.15, 0.2) is 0 Å². The first-order chi connectivity index (χ1) is 5.49. The Bertz CT molecular complexity index is 150. The van der Waals surface area contributed by atoms with Gasteiger partial charge in [-0.25, -0.2) is 0 Å². The number of rotatable bonds is 3. The molecular weight excluding hydrogens is 150 g/mol. The lowest BCUT2D eigenvalue weighted by molar-refractivity contribution is -0.140. The van der Waals surface area contributed by atoms with E-state index < -0.39 is 5.60 Å². The molecule has 0 aromatic rings. The van der Waals surface area contributed by atoms with E-state index in [2.05, 4.69) is 32.6 Å². The molecule has 1 aliphatic heterocycles. The molecule has 1 rings (SSSR count). The largest absolute Gasteiger partial charge is 0.387 e. The quantitative estimate of drug-likeness (QED) is 0.695. The van der Waals surface area contributed by atoms with Crippen LogP contribution in [0, 0.1) is 5.92 Å². The summed E-state index contributed by atoms with van der Waals surface area (Å²) >= 11 is 0. The van der Waals surface area contributed by atoms with Crippen LogP contribution in [0.25, 0.3) is 0 Å². The van der Waals surface area contributed by atoms with Crippen LogP contribution in [0.5, 0.6) is 0 Å². The predicted octanol–water partition coefficient (Wildman–Crippen LogP) is 1.49. The lowest BCUT2D eigenvalue weighted by Crippen LogP contribution is -2.66. The van der Waals surface area contributed by atoms with E-state index in [-0.39, 0.29) is 0 Å². The van der Waals surface area contributed by atoms with Gasteiger partial charge in [0.05, 0.1) is 5.60 Å². The number of hydrogen-bond donors (Lipinski definition) is 1. The first-order valence-electron chi connectivity index (χ1n) is 4.96. The monoisotopic (exact) mass is 171 g/mol. The molecule has 12 heavy (non-hydrogen) atoms. The van der Waals surface area contributed by atoms with Crippen molar-refractivity contribution >= 4 is 0 Å². The minimum absolute atomic E-state index is 0.387. The van der Waals surface area contributed by atoms with Crippen LogP contribution in [0.2, 0.25) is 0 Å². The first kappa shape index (κ1) is 10.0. The second-order valence-electron chi connectivity index (χ2n) is 4.42. The Labute approximate surface area is 75.6 Å². The van der Waals surface area contributed by atoms with Gasteiger partial charge in [-0.05, 0) is 19.3 Å². The topological polar surface area (TPSA) is 23.5 Å². The van der Waals surface area contributed by atoms with Crippen LogP contribution in [-0.2, 0) is 0 Å². The fraction of sp³-hybridized carbons (Fsp3) is 1.00. The van der Waals surface area contributed by atoms with Gasteiger partial charge in [-0.3, -0.25) is 4.90 Å². The van der Waals surface area contributed by atoms with Crippen molar-refractivity contribution in [2.24, 2.45) is 5.92 Å². The van der Waals surface area contributed by atoms with Gasteiger partial charge in [-0.1, -0.05) is 20.8 Å². The van der Waals surface area contributed by atoms with Gasteiger partial charge in [0, 0.05) is 19.1 Å². The fourth-order valence-electron chi connectivity index (χ4n) is 1.59. The van der Waals surface area contributed by atoms with Crippen molar-refractivity contribution < 1.29 is 5.11 Å². The average Bonchev–Trinajstić information content (AvgIpc) is 1.96. The van der Waals surface area contributed by atoms with Crippen LogP contribution >= 0.6 is 0 Å². The Morgan fingerprint density at radius 3 is 2.17 bits per heavy atom. The zero-order chi connectivity index (χ0) is 9.35. The van der Waals surface area contributed by atoms with Gasteiger partial charge in [0.1, 0.15) is 0 Å². The molecule has 1 aliphatic rings. The van der Waals surface area contributed by atoms with Gasteiger partial charge in [0.25, 0.3) is 0 Å². The predicted molar refractivity (Wildman–Crippen MR) is 51.1 cm³/mol. The smallest absolute Gasteiger partial charge is 0.0923 e. The molecule has 0 spiro atoms. The SMILES string of the molecule is CCC(C)N1CC(O)(C(C)C)C1. The van der Waals surface area contributed by atoms with Gasteiger partial charge < -0.3 is 5.11 Å². The molecule has 72 valence electrons. The van der Waals surface area contributed by atoms with E-state index in [1.165, 1.54) is 6.42 Å². The highest BCUT2D eigenvalue weighted by Crippen LogP contribution is 2.30. The van der Waals surface area contributed by atoms with Gasteiger partial charge in [-0.15, -0.1) is 0 Å². The van der Waals surface area contributed by atoms with Crippen molar-refractivity contribution in [3.05, 3.63) is 0 Å². The first-order valence-corrected chi connectivity index (χ1v) is 4.96. The minimum Gasteiger partial charge on any atom is -0.387 e. The standard InChI is InChI=1S/C10H21NO/c1-5-9(4)11-6-10(12,7-11)8(2)3/h8-9,12H,5-7H2,1-4H3. The van der Waals surface area contributed by atoms with Crippen LogP contribution in [0.3, 0.4) is 0 Å². The summed E-state index contributed by atoms with van der Waals surface area (Å²) in [7, 11) is 0. The molecule has 1 saturated heterocycles. The minimum atomic E-state index is -0.399. The van der Waals surface area contributed by atoms with Crippen LogP contribution in [0.15, 0.2) is 0 Å². The normalized spacial score (nSPS) is 25.5. The molecule has 0 aromatic carbocycles. The van der Waals surface area contributed by atoms with Crippen LogP contribution in [0.4, 0.5) is 0 Å². The van der Waals surface area contributed by atoms with E-state index in [0.717, 1.165) is 13.1 Å². The number of likely N-dealkylation sites (tertiary alicyclic amines) is 1. The van der Waals surface area contributed by atoms with Crippen molar-refractivity contribution in [2.75, 3.05) is 13.1 Å². The zero-order valence-electron chi connectivity index (χ0n) is 8.67. The highest BCUT2D eigenvalue weighted by Gasteiger charge is 2.44. The molecule has 0 amide bonds. The van der Waals surface area contributed by atoms with Gasteiger partial charge in [-0.2, -0.15) is 0 Å². The van der Waals surface area contributed by atoms with Gasteiger partial charge >= 0.3 is 0 Å².